The highest BCUT2D eigenvalue weighted by atomic mass is 35.5. The van der Waals surface area contributed by atoms with Gasteiger partial charge in [0.2, 0.25) is 5.91 Å². The summed E-state index contributed by atoms with van der Waals surface area (Å²) in [6, 6.07) is 15.5. The average Bonchev–Trinajstić information content (AvgIpc) is 2.59. The van der Waals surface area contributed by atoms with E-state index in [4.69, 9.17) is 11.6 Å². The summed E-state index contributed by atoms with van der Waals surface area (Å²) in [5.41, 5.74) is 1.48. The van der Waals surface area contributed by atoms with E-state index in [1.54, 1.807) is 36.4 Å². The molecule has 0 saturated carbocycles. The minimum absolute atomic E-state index is 0.0251. The summed E-state index contributed by atoms with van der Waals surface area (Å²) in [6.07, 6.45) is 0. The zero-order valence-electron chi connectivity index (χ0n) is 13.8. The highest BCUT2D eigenvalue weighted by molar-refractivity contribution is 6.30. The summed E-state index contributed by atoms with van der Waals surface area (Å²) in [5.74, 6) is -0.483. The van der Waals surface area contributed by atoms with Crippen LogP contribution in [0.4, 0.5) is 0 Å². The molecular formula is C19H21ClN2O2. The zero-order valence-corrected chi connectivity index (χ0v) is 14.5. The highest BCUT2D eigenvalue weighted by Crippen LogP contribution is 2.10. The second kappa shape index (κ2) is 8.50. The minimum Gasteiger partial charge on any atom is -0.350 e. The van der Waals surface area contributed by atoms with E-state index in [2.05, 4.69) is 10.6 Å². The molecule has 0 aliphatic heterocycles. The molecule has 0 saturated heterocycles. The van der Waals surface area contributed by atoms with E-state index in [9.17, 15) is 9.59 Å². The van der Waals surface area contributed by atoms with E-state index >= 15 is 0 Å². The van der Waals surface area contributed by atoms with Crippen LogP contribution in [0.2, 0.25) is 5.02 Å². The number of halogens is 1. The molecule has 0 aromatic heterocycles. The van der Waals surface area contributed by atoms with Gasteiger partial charge in [0.15, 0.2) is 0 Å². The van der Waals surface area contributed by atoms with Gasteiger partial charge in [-0.25, -0.2) is 0 Å². The number of benzene rings is 2. The summed E-state index contributed by atoms with van der Waals surface area (Å²) >= 11 is 5.85. The molecule has 0 fully saturated rings. The van der Waals surface area contributed by atoms with Crippen LogP contribution in [0.25, 0.3) is 0 Å². The first-order valence-corrected chi connectivity index (χ1v) is 8.23. The van der Waals surface area contributed by atoms with Gasteiger partial charge >= 0.3 is 0 Å². The van der Waals surface area contributed by atoms with E-state index in [-0.39, 0.29) is 17.7 Å². The third-order valence-corrected chi connectivity index (χ3v) is 3.90. The van der Waals surface area contributed by atoms with E-state index in [1.165, 1.54) is 0 Å². The summed E-state index contributed by atoms with van der Waals surface area (Å²) < 4.78 is 0. The van der Waals surface area contributed by atoms with Gasteiger partial charge in [-0.15, -0.1) is 0 Å². The summed E-state index contributed by atoms with van der Waals surface area (Å²) in [5, 5.41) is 6.32. The van der Waals surface area contributed by atoms with Gasteiger partial charge in [0, 0.05) is 17.1 Å². The number of amides is 2. The molecule has 2 amide bonds. The molecule has 0 heterocycles. The normalized spacial score (nSPS) is 11.8. The fourth-order valence-corrected chi connectivity index (χ4v) is 2.38. The lowest BCUT2D eigenvalue weighted by molar-refractivity contribution is -0.124. The standard InChI is InChI=1S/C19H21ClN2O2/c1-13(2)17(22-18(23)15-6-4-3-5-7-15)19(24)21-12-14-8-10-16(20)11-9-14/h3-11,13,17H,12H2,1-2H3,(H,21,24)(H,22,23)/t17-/m0/s1. The Bertz CT molecular complexity index is 684. The molecule has 2 N–H and O–H groups in total. The van der Waals surface area contributed by atoms with Gasteiger partial charge in [-0.3, -0.25) is 9.59 Å². The molecule has 0 unspecified atom stereocenters. The van der Waals surface area contributed by atoms with Gasteiger partial charge in [0.25, 0.3) is 5.91 Å². The van der Waals surface area contributed by atoms with E-state index in [1.807, 2.05) is 32.0 Å². The van der Waals surface area contributed by atoms with Crippen LogP contribution in [0.15, 0.2) is 54.6 Å². The molecule has 2 rings (SSSR count). The van der Waals surface area contributed by atoms with Crippen molar-refractivity contribution in [2.45, 2.75) is 26.4 Å². The molecule has 5 heteroatoms. The Morgan fingerprint density at radius 1 is 1.00 bits per heavy atom. The predicted octanol–water partition coefficient (Wildman–Crippen LogP) is 3.41. The molecule has 0 radical (unpaired) electrons. The van der Waals surface area contributed by atoms with Crippen molar-refractivity contribution in [1.29, 1.82) is 0 Å². The third-order valence-electron chi connectivity index (χ3n) is 3.65. The molecule has 1 atom stereocenters. The highest BCUT2D eigenvalue weighted by Gasteiger charge is 2.24. The van der Waals surface area contributed by atoms with Gasteiger partial charge in [-0.2, -0.15) is 0 Å². The average molecular weight is 345 g/mol. The monoisotopic (exact) mass is 344 g/mol. The summed E-state index contributed by atoms with van der Waals surface area (Å²) in [4.78, 5) is 24.7. The van der Waals surface area contributed by atoms with Crippen molar-refractivity contribution in [2.24, 2.45) is 5.92 Å². The summed E-state index contributed by atoms with van der Waals surface area (Å²) in [6.45, 7) is 4.19. The number of carbonyl (C=O) groups excluding carboxylic acids is 2. The molecule has 0 spiro atoms. The Morgan fingerprint density at radius 2 is 1.62 bits per heavy atom. The van der Waals surface area contributed by atoms with E-state index in [0.717, 1.165) is 5.56 Å². The lowest BCUT2D eigenvalue weighted by atomic mass is 10.0. The molecule has 2 aromatic rings. The molecule has 2 aromatic carbocycles. The number of hydrogen-bond donors (Lipinski definition) is 2. The second-order valence-corrected chi connectivity index (χ2v) is 6.34. The van der Waals surface area contributed by atoms with Crippen LogP contribution < -0.4 is 10.6 Å². The van der Waals surface area contributed by atoms with Crippen LogP contribution >= 0.6 is 11.6 Å². The van der Waals surface area contributed by atoms with Crippen molar-refractivity contribution >= 4 is 23.4 Å². The van der Waals surface area contributed by atoms with Gasteiger partial charge < -0.3 is 10.6 Å². The molecule has 0 aliphatic carbocycles. The second-order valence-electron chi connectivity index (χ2n) is 5.91. The molecule has 4 nitrogen and oxygen atoms in total. The number of hydrogen-bond acceptors (Lipinski definition) is 2. The number of carbonyl (C=O) groups is 2. The first-order chi connectivity index (χ1) is 11.5. The van der Waals surface area contributed by atoms with Crippen molar-refractivity contribution in [3.8, 4) is 0 Å². The topological polar surface area (TPSA) is 58.2 Å². The van der Waals surface area contributed by atoms with Crippen LogP contribution in [-0.2, 0) is 11.3 Å². The molecule has 126 valence electrons. The van der Waals surface area contributed by atoms with Crippen LogP contribution in [0.3, 0.4) is 0 Å². The Labute approximate surface area is 147 Å². The van der Waals surface area contributed by atoms with E-state index < -0.39 is 6.04 Å². The third kappa shape index (κ3) is 5.10. The van der Waals surface area contributed by atoms with Gasteiger partial charge in [-0.05, 0) is 35.7 Å². The zero-order chi connectivity index (χ0) is 17.5. The van der Waals surface area contributed by atoms with Crippen molar-refractivity contribution in [3.05, 3.63) is 70.7 Å². The SMILES string of the molecule is CC(C)[C@H](NC(=O)c1ccccc1)C(=O)NCc1ccc(Cl)cc1. The van der Waals surface area contributed by atoms with Crippen molar-refractivity contribution in [1.82, 2.24) is 10.6 Å². The lowest BCUT2D eigenvalue weighted by Gasteiger charge is -2.21. The van der Waals surface area contributed by atoms with Crippen molar-refractivity contribution in [2.75, 3.05) is 0 Å². The first kappa shape index (κ1) is 18.0. The van der Waals surface area contributed by atoms with Crippen molar-refractivity contribution < 1.29 is 9.59 Å². The van der Waals surface area contributed by atoms with Crippen molar-refractivity contribution in [3.63, 3.8) is 0 Å². The predicted molar refractivity (Wildman–Crippen MR) is 95.8 cm³/mol. The molecule has 0 bridgehead atoms. The van der Waals surface area contributed by atoms with E-state index in [0.29, 0.717) is 17.1 Å². The van der Waals surface area contributed by atoms with Gasteiger partial charge in [0.1, 0.15) is 6.04 Å². The minimum atomic E-state index is -0.593. The van der Waals surface area contributed by atoms with Crippen LogP contribution in [0, 0.1) is 5.92 Å². The summed E-state index contributed by atoms with van der Waals surface area (Å²) in [7, 11) is 0. The Hall–Kier alpha value is -2.33. The number of nitrogens with one attached hydrogen (secondary N) is 2. The maximum Gasteiger partial charge on any atom is 0.251 e. The molecule has 24 heavy (non-hydrogen) atoms. The smallest absolute Gasteiger partial charge is 0.251 e. The maximum absolute atomic E-state index is 12.4. The Balaban J connectivity index is 1.97. The Morgan fingerprint density at radius 3 is 2.21 bits per heavy atom. The van der Waals surface area contributed by atoms with Gasteiger partial charge in [0.05, 0.1) is 0 Å². The lowest BCUT2D eigenvalue weighted by Crippen LogP contribution is -2.49. The number of rotatable bonds is 6. The Kier molecular flexibility index (Phi) is 6.38. The fraction of sp³-hybridized carbons (Fsp3) is 0.263. The van der Waals surface area contributed by atoms with Crippen LogP contribution in [0.1, 0.15) is 29.8 Å². The fourth-order valence-electron chi connectivity index (χ4n) is 2.25. The van der Waals surface area contributed by atoms with Gasteiger partial charge in [-0.1, -0.05) is 55.8 Å². The quantitative estimate of drug-likeness (QED) is 0.843. The van der Waals surface area contributed by atoms with Crippen LogP contribution in [-0.4, -0.2) is 17.9 Å². The maximum atomic E-state index is 12.4. The first-order valence-electron chi connectivity index (χ1n) is 7.85. The molecular weight excluding hydrogens is 324 g/mol. The molecule has 0 aliphatic rings. The largest absolute Gasteiger partial charge is 0.350 e. The van der Waals surface area contributed by atoms with Crippen LogP contribution in [0.5, 0.6) is 0 Å².